The van der Waals surface area contributed by atoms with Gasteiger partial charge >= 0.3 is 0 Å². The standard InChI is InChI=1S/C15H27N3O2/c1-11(2)8-14(19)17-4-6-18(7-5-17)15(20)12(3)13-9-16-10-13/h11-13,16H,4-10H2,1-3H3. The maximum atomic E-state index is 12.4. The molecule has 0 bridgehead atoms. The minimum atomic E-state index is 0.106. The zero-order chi connectivity index (χ0) is 14.7. The molecule has 2 aliphatic rings. The fourth-order valence-corrected chi connectivity index (χ4v) is 2.81. The molecule has 5 heteroatoms. The minimum absolute atomic E-state index is 0.106. The van der Waals surface area contributed by atoms with Crippen LogP contribution in [0.1, 0.15) is 27.2 Å². The maximum absolute atomic E-state index is 12.4. The van der Waals surface area contributed by atoms with Crippen molar-refractivity contribution in [1.29, 1.82) is 0 Å². The van der Waals surface area contributed by atoms with E-state index in [0.29, 0.717) is 44.4 Å². The van der Waals surface area contributed by atoms with Crippen molar-refractivity contribution in [2.24, 2.45) is 17.8 Å². The largest absolute Gasteiger partial charge is 0.339 e. The number of carbonyl (C=O) groups is 2. The molecule has 2 amide bonds. The Bertz CT molecular complexity index is 358. The van der Waals surface area contributed by atoms with Crippen LogP contribution in [-0.4, -0.2) is 60.9 Å². The number of piperazine rings is 1. The van der Waals surface area contributed by atoms with Crippen molar-refractivity contribution >= 4 is 11.8 Å². The first-order valence-corrected chi connectivity index (χ1v) is 7.76. The Kier molecular flexibility index (Phi) is 5.02. The third-order valence-electron chi connectivity index (χ3n) is 4.44. The minimum Gasteiger partial charge on any atom is -0.339 e. The molecule has 1 N–H and O–H groups in total. The Hall–Kier alpha value is -1.10. The van der Waals surface area contributed by atoms with Crippen LogP contribution >= 0.6 is 0 Å². The fourth-order valence-electron chi connectivity index (χ4n) is 2.81. The monoisotopic (exact) mass is 281 g/mol. The van der Waals surface area contributed by atoms with Crippen LogP contribution in [0.2, 0.25) is 0 Å². The summed E-state index contributed by atoms with van der Waals surface area (Å²) in [5.41, 5.74) is 0. The molecule has 2 rings (SSSR count). The van der Waals surface area contributed by atoms with E-state index in [4.69, 9.17) is 0 Å². The first-order chi connectivity index (χ1) is 9.49. The SMILES string of the molecule is CC(C)CC(=O)N1CCN(C(=O)C(C)C2CNC2)CC1. The molecule has 0 saturated carbocycles. The molecule has 114 valence electrons. The van der Waals surface area contributed by atoms with Gasteiger partial charge in [-0.3, -0.25) is 9.59 Å². The molecule has 2 fully saturated rings. The number of hydrogen-bond donors (Lipinski definition) is 1. The van der Waals surface area contributed by atoms with Gasteiger partial charge in [-0.2, -0.15) is 0 Å². The number of nitrogens with zero attached hydrogens (tertiary/aromatic N) is 2. The van der Waals surface area contributed by atoms with Crippen molar-refractivity contribution < 1.29 is 9.59 Å². The number of nitrogens with one attached hydrogen (secondary N) is 1. The van der Waals surface area contributed by atoms with E-state index in [1.807, 2.05) is 16.7 Å². The van der Waals surface area contributed by atoms with Crippen LogP contribution in [0.15, 0.2) is 0 Å². The molecule has 1 unspecified atom stereocenters. The average molecular weight is 281 g/mol. The molecule has 1 atom stereocenters. The van der Waals surface area contributed by atoms with Crippen LogP contribution in [0.4, 0.5) is 0 Å². The summed E-state index contributed by atoms with van der Waals surface area (Å²) in [6.07, 6.45) is 0.609. The highest BCUT2D eigenvalue weighted by atomic mass is 16.2. The molecule has 0 aromatic rings. The van der Waals surface area contributed by atoms with Crippen LogP contribution in [-0.2, 0) is 9.59 Å². The zero-order valence-corrected chi connectivity index (χ0v) is 12.9. The van der Waals surface area contributed by atoms with Gasteiger partial charge in [-0.05, 0) is 24.9 Å². The summed E-state index contributed by atoms with van der Waals surface area (Å²) in [7, 11) is 0. The molecule has 0 radical (unpaired) electrons. The van der Waals surface area contributed by atoms with Crippen LogP contribution in [0.5, 0.6) is 0 Å². The number of carbonyl (C=O) groups excluding carboxylic acids is 2. The molecule has 5 nitrogen and oxygen atoms in total. The number of rotatable bonds is 4. The van der Waals surface area contributed by atoms with E-state index in [0.717, 1.165) is 13.1 Å². The summed E-state index contributed by atoms with van der Waals surface area (Å²) in [5.74, 6) is 1.47. The second kappa shape index (κ2) is 6.57. The summed E-state index contributed by atoms with van der Waals surface area (Å²) in [6.45, 7) is 10.8. The van der Waals surface area contributed by atoms with Crippen molar-refractivity contribution in [3.05, 3.63) is 0 Å². The third-order valence-corrected chi connectivity index (χ3v) is 4.44. The summed E-state index contributed by atoms with van der Waals surface area (Å²) in [6, 6.07) is 0. The van der Waals surface area contributed by atoms with Gasteiger partial charge in [0.05, 0.1) is 0 Å². The maximum Gasteiger partial charge on any atom is 0.225 e. The Morgan fingerprint density at radius 3 is 2.05 bits per heavy atom. The Morgan fingerprint density at radius 2 is 1.60 bits per heavy atom. The Morgan fingerprint density at radius 1 is 1.05 bits per heavy atom. The lowest BCUT2D eigenvalue weighted by atomic mass is 9.88. The highest BCUT2D eigenvalue weighted by Gasteiger charge is 2.33. The van der Waals surface area contributed by atoms with Gasteiger partial charge in [0.15, 0.2) is 0 Å². The van der Waals surface area contributed by atoms with E-state index >= 15 is 0 Å². The molecule has 2 aliphatic heterocycles. The molecule has 2 saturated heterocycles. The predicted molar refractivity (Wildman–Crippen MR) is 78.1 cm³/mol. The summed E-state index contributed by atoms with van der Waals surface area (Å²) < 4.78 is 0. The van der Waals surface area contributed by atoms with Gasteiger partial charge < -0.3 is 15.1 Å². The van der Waals surface area contributed by atoms with Crippen LogP contribution < -0.4 is 5.32 Å². The van der Waals surface area contributed by atoms with Crippen molar-refractivity contribution in [3.8, 4) is 0 Å². The molecular weight excluding hydrogens is 254 g/mol. The van der Waals surface area contributed by atoms with E-state index < -0.39 is 0 Å². The zero-order valence-electron chi connectivity index (χ0n) is 12.9. The molecule has 0 aromatic carbocycles. The fraction of sp³-hybridized carbons (Fsp3) is 0.867. The van der Waals surface area contributed by atoms with Gasteiger partial charge in [0.2, 0.25) is 11.8 Å². The summed E-state index contributed by atoms with van der Waals surface area (Å²) in [4.78, 5) is 28.2. The van der Waals surface area contributed by atoms with Crippen molar-refractivity contribution in [2.45, 2.75) is 27.2 Å². The first kappa shape index (κ1) is 15.3. The van der Waals surface area contributed by atoms with Gasteiger partial charge in [-0.25, -0.2) is 0 Å². The molecule has 2 heterocycles. The average Bonchev–Trinajstić information content (AvgIpc) is 2.35. The summed E-state index contributed by atoms with van der Waals surface area (Å²) in [5, 5.41) is 3.22. The highest BCUT2D eigenvalue weighted by Crippen LogP contribution is 2.19. The normalized spacial score (nSPS) is 21.8. The Labute approximate surface area is 121 Å². The smallest absolute Gasteiger partial charge is 0.225 e. The lowest BCUT2D eigenvalue weighted by Crippen LogP contribution is -2.55. The van der Waals surface area contributed by atoms with Crippen molar-refractivity contribution in [2.75, 3.05) is 39.3 Å². The van der Waals surface area contributed by atoms with Crippen molar-refractivity contribution in [3.63, 3.8) is 0 Å². The van der Waals surface area contributed by atoms with Gasteiger partial charge in [0.25, 0.3) is 0 Å². The van der Waals surface area contributed by atoms with E-state index in [2.05, 4.69) is 19.2 Å². The van der Waals surface area contributed by atoms with E-state index in [-0.39, 0.29) is 17.7 Å². The molecular formula is C15H27N3O2. The van der Waals surface area contributed by atoms with E-state index in [1.54, 1.807) is 0 Å². The molecule has 20 heavy (non-hydrogen) atoms. The van der Waals surface area contributed by atoms with Gasteiger partial charge in [-0.15, -0.1) is 0 Å². The lowest BCUT2D eigenvalue weighted by Gasteiger charge is -2.39. The number of amides is 2. The van der Waals surface area contributed by atoms with Crippen molar-refractivity contribution in [1.82, 2.24) is 15.1 Å². The molecule has 0 aliphatic carbocycles. The third kappa shape index (κ3) is 3.51. The quantitative estimate of drug-likeness (QED) is 0.819. The van der Waals surface area contributed by atoms with Crippen LogP contribution in [0.3, 0.4) is 0 Å². The number of hydrogen-bond acceptors (Lipinski definition) is 3. The van der Waals surface area contributed by atoms with E-state index in [9.17, 15) is 9.59 Å². The predicted octanol–water partition coefficient (Wildman–Crippen LogP) is 0.559. The topological polar surface area (TPSA) is 52.7 Å². The summed E-state index contributed by atoms with van der Waals surface area (Å²) >= 11 is 0. The Balaban J connectivity index is 1.78. The highest BCUT2D eigenvalue weighted by molar-refractivity contribution is 5.80. The molecule has 0 spiro atoms. The lowest BCUT2D eigenvalue weighted by molar-refractivity contribution is -0.143. The van der Waals surface area contributed by atoms with Crippen LogP contribution in [0.25, 0.3) is 0 Å². The van der Waals surface area contributed by atoms with E-state index in [1.165, 1.54) is 0 Å². The second-order valence-corrected chi connectivity index (χ2v) is 6.51. The van der Waals surface area contributed by atoms with Gasteiger partial charge in [-0.1, -0.05) is 20.8 Å². The molecule has 0 aromatic heterocycles. The second-order valence-electron chi connectivity index (χ2n) is 6.51. The first-order valence-electron chi connectivity index (χ1n) is 7.76. The van der Waals surface area contributed by atoms with Crippen LogP contribution in [0, 0.1) is 17.8 Å². The van der Waals surface area contributed by atoms with Gasteiger partial charge in [0, 0.05) is 38.5 Å². The van der Waals surface area contributed by atoms with Gasteiger partial charge in [0.1, 0.15) is 0 Å².